The molecule has 0 N–H and O–H groups in total. The Morgan fingerprint density at radius 1 is 1.26 bits per heavy atom. The van der Waals surface area contributed by atoms with Crippen LogP contribution in [0.1, 0.15) is 19.4 Å². The molecule has 0 saturated carbocycles. The highest BCUT2D eigenvalue weighted by Gasteiger charge is 2.52. The molecule has 6 nitrogen and oxygen atoms in total. The standard InChI is InChI=1S/C16H17BrO6/c1-16(2)21-8-11(23-16)13-14(12(18)15(19)22-13)20-7-9-3-5-10(17)6-4-9/h3-6,11,13-14H,7-8H2,1-2H3/t11-,13-,14-/m1/s1. The lowest BCUT2D eigenvalue weighted by atomic mass is 10.1. The van der Waals surface area contributed by atoms with E-state index in [2.05, 4.69) is 15.9 Å². The fraction of sp³-hybridized carbons (Fsp3) is 0.500. The van der Waals surface area contributed by atoms with Crippen LogP contribution in [0.4, 0.5) is 0 Å². The fourth-order valence-electron chi connectivity index (χ4n) is 2.59. The molecule has 124 valence electrons. The van der Waals surface area contributed by atoms with E-state index in [1.165, 1.54) is 0 Å². The molecule has 2 aliphatic rings. The third-order valence-electron chi connectivity index (χ3n) is 3.74. The van der Waals surface area contributed by atoms with E-state index in [4.69, 9.17) is 18.9 Å². The second-order valence-electron chi connectivity index (χ2n) is 5.96. The molecule has 2 fully saturated rings. The molecule has 2 aliphatic heterocycles. The number of Topliss-reactive ketones (excluding diaryl/α,β-unsaturated/α-hetero) is 1. The molecule has 7 heteroatoms. The number of halogens is 1. The van der Waals surface area contributed by atoms with Gasteiger partial charge in [-0.25, -0.2) is 4.79 Å². The summed E-state index contributed by atoms with van der Waals surface area (Å²) in [5, 5.41) is 0. The van der Waals surface area contributed by atoms with E-state index in [9.17, 15) is 9.59 Å². The van der Waals surface area contributed by atoms with E-state index < -0.39 is 35.9 Å². The van der Waals surface area contributed by atoms with Crippen molar-refractivity contribution in [3.05, 3.63) is 34.3 Å². The molecule has 0 aromatic heterocycles. The summed E-state index contributed by atoms with van der Waals surface area (Å²) >= 11 is 3.36. The summed E-state index contributed by atoms with van der Waals surface area (Å²) in [6, 6.07) is 7.51. The Bertz CT molecular complexity index is 612. The van der Waals surface area contributed by atoms with Gasteiger partial charge in [0.15, 0.2) is 18.0 Å². The lowest BCUT2D eigenvalue weighted by molar-refractivity contribution is -0.168. The number of rotatable bonds is 4. The minimum atomic E-state index is -0.978. The monoisotopic (exact) mass is 384 g/mol. The van der Waals surface area contributed by atoms with Gasteiger partial charge < -0.3 is 18.9 Å². The first-order chi connectivity index (χ1) is 10.9. The van der Waals surface area contributed by atoms with E-state index in [0.717, 1.165) is 10.0 Å². The summed E-state index contributed by atoms with van der Waals surface area (Å²) < 4.78 is 22.9. The maximum atomic E-state index is 12.0. The van der Waals surface area contributed by atoms with Crippen LogP contribution in [0, 0.1) is 0 Å². The molecule has 2 saturated heterocycles. The molecule has 23 heavy (non-hydrogen) atoms. The molecule has 1 aromatic carbocycles. The molecule has 2 heterocycles. The number of carbonyl (C=O) groups excluding carboxylic acids is 2. The van der Waals surface area contributed by atoms with Crippen LogP contribution in [0.15, 0.2) is 28.7 Å². The Morgan fingerprint density at radius 2 is 1.96 bits per heavy atom. The summed E-state index contributed by atoms with van der Waals surface area (Å²) in [7, 11) is 0. The van der Waals surface area contributed by atoms with Crippen LogP contribution in [0.5, 0.6) is 0 Å². The van der Waals surface area contributed by atoms with Gasteiger partial charge in [-0.2, -0.15) is 0 Å². The van der Waals surface area contributed by atoms with Crippen LogP contribution >= 0.6 is 15.9 Å². The molecular formula is C16H17BrO6. The maximum absolute atomic E-state index is 12.0. The smallest absolute Gasteiger partial charge is 0.378 e. The highest BCUT2D eigenvalue weighted by Crippen LogP contribution is 2.30. The summed E-state index contributed by atoms with van der Waals surface area (Å²) in [5.41, 5.74) is 0.892. The Kier molecular flexibility index (Phi) is 4.55. The number of esters is 1. The Balaban J connectivity index is 1.68. The van der Waals surface area contributed by atoms with Gasteiger partial charge in [-0.3, -0.25) is 4.79 Å². The summed E-state index contributed by atoms with van der Waals surface area (Å²) in [6.45, 7) is 3.98. The van der Waals surface area contributed by atoms with Gasteiger partial charge >= 0.3 is 5.97 Å². The minimum Gasteiger partial charge on any atom is -0.450 e. The molecule has 0 bridgehead atoms. The van der Waals surface area contributed by atoms with Crippen molar-refractivity contribution < 1.29 is 28.5 Å². The molecule has 3 atom stereocenters. The topological polar surface area (TPSA) is 71.1 Å². The van der Waals surface area contributed by atoms with Crippen LogP contribution in [0.25, 0.3) is 0 Å². The number of benzene rings is 1. The molecule has 3 rings (SSSR count). The van der Waals surface area contributed by atoms with Crippen molar-refractivity contribution in [1.29, 1.82) is 0 Å². The van der Waals surface area contributed by atoms with E-state index >= 15 is 0 Å². The number of cyclic esters (lactones) is 1. The molecule has 0 spiro atoms. The predicted molar refractivity (Wildman–Crippen MR) is 82.5 cm³/mol. The lowest BCUT2D eigenvalue weighted by Crippen LogP contribution is -2.41. The third kappa shape index (κ3) is 3.63. The Labute approximate surface area is 142 Å². The zero-order valence-electron chi connectivity index (χ0n) is 12.8. The predicted octanol–water partition coefficient (Wildman–Crippen LogP) is 1.98. The van der Waals surface area contributed by atoms with E-state index in [0.29, 0.717) is 0 Å². The van der Waals surface area contributed by atoms with Gasteiger partial charge in [-0.1, -0.05) is 28.1 Å². The zero-order valence-corrected chi connectivity index (χ0v) is 14.4. The second kappa shape index (κ2) is 6.32. The molecule has 0 amide bonds. The van der Waals surface area contributed by atoms with Crippen LogP contribution < -0.4 is 0 Å². The average molecular weight is 385 g/mol. The van der Waals surface area contributed by atoms with Gasteiger partial charge in [0.1, 0.15) is 6.10 Å². The number of ether oxygens (including phenoxy) is 4. The van der Waals surface area contributed by atoms with E-state index in [1.807, 2.05) is 24.3 Å². The highest BCUT2D eigenvalue weighted by atomic mass is 79.9. The first-order valence-electron chi connectivity index (χ1n) is 7.28. The summed E-state index contributed by atoms with van der Waals surface area (Å²) in [5.74, 6) is -2.33. The van der Waals surface area contributed by atoms with Crippen LogP contribution in [0.3, 0.4) is 0 Å². The van der Waals surface area contributed by atoms with Crippen molar-refractivity contribution >= 4 is 27.7 Å². The third-order valence-corrected chi connectivity index (χ3v) is 4.27. The van der Waals surface area contributed by atoms with Crippen LogP contribution in [-0.4, -0.2) is 42.5 Å². The largest absolute Gasteiger partial charge is 0.450 e. The van der Waals surface area contributed by atoms with E-state index in [-0.39, 0.29) is 13.2 Å². The fourth-order valence-corrected chi connectivity index (χ4v) is 2.86. The quantitative estimate of drug-likeness (QED) is 0.583. The number of carbonyl (C=O) groups is 2. The van der Waals surface area contributed by atoms with Gasteiger partial charge in [0.25, 0.3) is 5.78 Å². The molecule has 0 aliphatic carbocycles. The molecule has 0 unspecified atom stereocenters. The summed E-state index contributed by atoms with van der Waals surface area (Å²) in [4.78, 5) is 23.6. The Hall–Kier alpha value is -1.28. The first-order valence-corrected chi connectivity index (χ1v) is 8.08. The van der Waals surface area contributed by atoms with Gasteiger partial charge in [0.05, 0.1) is 13.2 Å². The second-order valence-corrected chi connectivity index (χ2v) is 6.88. The van der Waals surface area contributed by atoms with Gasteiger partial charge in [0, 0.05) is 4.47 Å². The van der Waals surface area contributed by atoms with Gasteiger partial charge in [-0.15, -0.1) is 0 Å². The van der Waals surface area contributed by atoms with Crippen molar-refractivity contribution in [2.75, 3.05) is 6.61 Å². The van der Waals surface area contributed by atoms with Crippen molar-refractivity contribution in [3.8, 4) is 0 Å². The summed E-state index contributed by atoms with van der Waals surface area (Å²) in [6.07, 6.45) is -2.28. The number of hydrogen-bond donors (Lipinski definition) is 0. The van der Waals surface area contributed by atoms with Crippen LogP contribution in [0.2, 0.25) is 0 Å². The minimum absolute atomic E-state index is 0.202. The van der Waals surface area contributed by atoms with Crippen molar-refractivity contribution in [1.82, 2.24) is 0 Å². The van der Waals surface area contributed by atoms with E-state index in [1.54, 1.807) is 13.8 Å². The molecule has 0 radical (unpaired) electrons. The molecule has 1 aromatic rings. The highest BCUT2D eigenvalue weighted by molar-refractivity contribution is 9.10. The average Bonchev–Trinajstić information content (AvgIpc) is 3.00. The van der Waals surface area contributed by atoms with Gasteiger partial charge in [0.2, 0.25) is 0 Å². The van der Waals surface area contributed by atoms with Crippen molar-refractivity contribution in [2.24, 2.45) is 0 Å². The van der Waals surface area contributed by atoms with Crippen molar-refractivity contribution in [3.63, 3.8) is 0 Å². The normalized spacial score (nSPS) is 29.8. The lowest BCUT2D eigenvalue weighted by Gasteiger charge is -2.23. The number of ketones is 1. The SMILES string of the molecule is CC1(C)OC[C@H]([C@H]2OC(=O)C(=O)[C@H]2OCc2ccc(Br)cc2)O1. The zero-order chi connectivity index (χ0) is 16.6. The maximum Gasteiger partial charge on any atom is 0.378 e. The number of hydrogen-bond acceptors (Lipinski definition) is 6. The Morgan fingerprint density at radius 3 is 2.57 bits per heavy atom. The van der Waals surface area contributed by atoms with Gasteiger partial charge in [-0.05, 0) is 31.5 Å². The van der Waals surface area contributed by atoms with Crippen LogP contribution in [-0.2, 0) is 35.1 Å². The molecular weight excluding hydrogens is 368 g/mol. The van der Waals surface area contributed by atoms with Crippen molar-refractivity contribution in [2.45, 2.75) is 44.6 Å². The first kappa shape index (κ1) is 16.6.